The third kappa shape index (κ3) is 5.23. The topological polar surface area (TPSA) is 89.0 Å². The summed E-state index contributed by atoms with van der Waals surface area (Å²) in [6, 6.07) is 9.90. The minimum atomic E-state index is -4.43. The van der Waals surface area contributed by atoms with E-state index in [1.54, 1.807) is 23.1 Å². The van der Waals surface area contributed by atoms with Gasteiger partial charge in [-0.25, -0.2) is 24.3 Å². The Hall–Kier alpha value is -4.19. The van der Waals surface area contributed by atoms with Crippen molar-refractivity contribution < 1.29 is 22.3 Å². The highest BCUT2D eigenvalue weighted by Crippen LogP contribution is 2.31. The van der Waals surface area contributed by atoms with Crippen LogP contribution in [0.2, 0.25) is 0 Å². The lowest BCUT2D eigenvalue weighted by Gasteiger charge is -2.27. The Balaban J connectivity index is 1.36. The van der Waals surface area contributed by atoms with Crippen LogP contribution in [0.4, 0.5) is 34.8 Å². The molecule has 0 atom stereocenters. The summed E-state index contributed by atoms with van der Waals surface area (Å²) in [4.78, 5) is 23.2. The summed E-state index contributed by atoms with van der Waals surface area (Å²) in [7, 11) is 0. The highest BCUT2D eigenvalue weighted by Gasteiger charge is 2.30. The number of anilines is 3. The van der Waals surface area contributed by atoms with E-state index < -0.39 is 17.6 Å². The van der Waals surface area contributed by atoms with Crippen LogP contribution < -0.4 is 10.2 Å². The van der Waals surface area contributed by atoms with Crippen molar-refractivity contribution in [2.45, 2.75) is 6.18 Å². The SMILES string of the molecule is Fc1cnc(-c2nccc(-c3ccc(Nc4cccc(C(F)(F)F)c4)cn3)n2)nc1N1CCOCC1. The molecule has 1 aliphatic heterocycles. The number of hydrogen-bond acceptors (Lipinski definition) is 8. The maximum Gasteiger partial charge on any atom is 0.416 e. The summed E-state index contributed by atoms with van der Waals surface area (Å²) in [6.07, 6.45) is -0.324. The standard InChI is InChI=1S/C24H19F4N7O/c25-18-14-31-22(34-23(18)35-8-10-36-11-9-35)21-29-7-6-20(33-21)19-5-4-17(13-30-19)32-16-3-1-2-15(12-16)24(26,27)28/h1-7,12-14,32H,8-11H2. The largest absolute Gasteiger partial charge is 0.416 e. The van der Waals surface area contributed by atoms with Crippen LogP contribution in [0.25, 0.3) is 23.0 Å². The minimum Gasteiger partial charge on any atom is -0.378 e. The van der Waals surface area contributed by atoms with E-state index in [0.717, 1.165) is 18.3 Å². The molecule has 8 nitrogen and oxygen atoms in total. The zero-order valence-electron chi connectivity index (χ0n) is 18.7. The molecule has 0 amide bonds. The molecule has 1 fully saturated rings. The first-order valence-corrected chi connectivity index (χ1v) is 11.0. The van der Waals surface area contributed by atoms with E-state index in [2.05, 4.69) is 30.2 Å². The molecule has 0 radical (unpaired) electrons. The molecule has 3 aromatic heterocycles. The Morgan fingerprint density at radius 3 is 2.39 bits per heavy atom. The summed E-state index contributed by atoms with van der Waals surface area (Å²) in [5.74, 6) is 0.000306. The number of benzene rings is 1. The maximum atomic E-state index is 14.4. The Kier molecular flexibility index (Phi) is 6.42. The molecule has 0 bridgehead atoms. The minimum absolute atomic E-state index is 0.167. The molecule has 0 aliphatic carbocycles. The van der Waals surface area contributed by atoms with Crippen molar-refractivity contribution >= 4 is 17.2 Å². The van der Waals surface area contributed by atoms with Gasteiger partial charge in [0.2, 0.25) is 0 Å². The van der Waals surface area contributed by atoms with Gasteiger partial charge in [-0.3, -0.25) is 4.98 Å². The summed E-state index contributed by atoms with van der Waals surface area (Å²) in [6.45, 7) is 1.99. The number of nitrogens with one attached hydrogen (secondary N) is 1. The molecule has 0 spiro atoms. The summed E-state index contributed by atoms with van der Waals surface area (Å²) in [5, 5.41) is 2.91. The van der Waals surface area contributed by atoms with Crippen LogP contribution in [-0.4, -0.2) is 51.2 Å². The Bertz CT molecular complexity index is 1360. The van der Waals surface area contributed by atoms with Gasteiger partial charge in [0.15, 0.2) is 23.3 Å². The average molecular weight is 497 g/mol. The predicted molar refractivity (Wildman–Crippen MR) is 124 cm³/mol. The molecular formula is C24H19F4N7O. The van der Waals surface area contributed by atoms with Gasteiger partial charge in [0, 0.05) is 25.0 Å². The van der Waals surface area contributed by atoms with Gasteiger partial charge in [-0.2, -0.15) is 13.2 Å². The number of rotatable bonds is 5. The second kappa shape index (κ2) is 9.82. The Labute approximate surface area is 203 Å². The Morgan fingerprint density at radius 1 is 0.833 bits per heavy atom. The summed E-state index contributed by atoms with van der Waals surface area (Å²) in [5.41, 5.74) is 1.03. The smallest absolute Gasteiger partial charge is 0.378 e. The summed E-state index contributed by atoms with van der Waals surface area (Å²) >= 11 is 0. The summed E-state index contributed by atoms with van der Waals surface area (Å²) < 4.78 is 58.5. The van der Waals surface area contributed by atoms with E-state index in [0.29, 0.717) is 43.4 Å². The van der Waals surface area contributed by atoms with Gasteiger partial charge in [0.1, 0.15) is 0 Å². The van der Waals surface area contributed by atoms with Gasteiger partial charge in [-0.05, 0) is 36.4 Å². The lowest BCUT2D eigenvalue weighted by Crippen LogP contribution is -2.37. The molecule has 0 saturated carbocycles. The van der Waals surface area contributed by atoms with Crippen molar-refractivity contribution in [2.24, 2.45) is 0 Å². The number of ether oxygens (including phenoxy) is 1. The van der Waals surface area contributed by atoms with Crippen molar-refractivity contribution in [3.8, 4) is 23.0 Å². The van der Waals surface area contributed by atoms with Crippen molar-refractivity contribution in [3.63, 3.8) is 0 Å². The van der Waals surface area contributed by atoms with Crippen molar-refractivity contribution in [2.75, 3.05) is 36.5 Å². The highest BCUT2D eigenvalue weighted by atomic mass is 19.4. The van der Waals surface area contributed by atoms with Crippen LogP contribution in [0.1, 0.15) is 5.56 Å². The Morgan fingerprint density at radius 2 is 1.64 bits per heavy atom. The van der Waals surface area contributed by atoms with E-state index >= 15 is 0 Å². The molecule has 4 aromatic rings. The van der Waals surface area contributed by atoms with E-state index in [-0.39, 0.29) is 23.2 Å². The zero-order valence-corrected chi connectivity index (χ0v) is 18.7. The second-order valence-electron chi connectivity index (χ2n) is 7.87. The van der Waals surface area contributed by atoms with Gasteiger partial charge in [-0.1, -0.05) is 6.07 Å². The van der Waals surface area contributed by atoms with Crippen molar-refractivity contribution in [1.82, 2.24) is 24.9 Å². The number of halogens is 4. The molecule has 1 aromatic carbocycles. The van der Waals surface area contributed by atoms with E-state index in [9.17, 15) is 17.6 Å². The highest BCUT2D eigenvalue weighted by molar-refractivity contribution is 5.64. The fourth-order valence-corrected chi connectivity index (χ4v) is 3.63. The second-order valence-corrected chi connectivity index (χ2v) is 7.87. The van der Waals surface area contributed by atoms with Crippen LogP contribution in [-0.2, 0) is 10.9 Å². The number of alkyl halides is 3. The normalized spacial score (nSPS) is 14.1. The lowest BCUT2D eigenvalue weighted by molar-refractivity contribution is -0.137. The first-order chi connectivity index (χ1) is 17.4. The van der Waals surface area contributed by atoms with Crippen LogP contribution >= 0.6 is 0 Å². The molecule has 0 unspecified atom stereocenters. The van der Waals surface area contributed by atoms with Crippen LogP contribution in [0, 0.1) is 5.82 Å². The lowest BCUT2D eigenvalue weighted by atomic mass is 10.2. The van der Waals surface area contributed by atoms with Crippen LogP contribution in [0.15, 0.2) is 61.1 Å². The first-order valence-electron chi connectivity index (χ1n) is 11.0. The van der Waals surface area contributed by atoms with Gasteiger partial charge in [-0.15, -0.1) is 0 Å². The number of aromatic nitrogens is 5. The molecule has 36 heavy (non-hydrogen) atoms. The number of pyridine rings is 1. The molecule has 184 valence electrons. The van der Waals surface area contributed by atoms with E-state index in [1.807, 2.05) is 0 Å². The fourth-order valence-electron chi connectivity index (χ4n) is 3.63. The number of hydrogen-bond donors (Lipinski definition) is 1. The molecule has 4 heterocycles. The van der Waals surface area contributed by atoms with E-state index in [1.165, 1.54) is 24.5 Å². The first kappa shape index (κ1) is 23.5. The van der Waals surface area contributed by atoms with Crippen LogP contribution in [0.3, 0.4) is 0 Å². The zero-order chi connectivity index (χ0) is 25.1. The van der Waals surface area contributed by atoms with Crippen LogP contribution in [0.5, 0.6) is 0 Å². The molecule has 1 saturated heterocycles. The molecular weight excluding hydrogens is 478 g/mol. The monoisotopic (exact) mass is 497 g/mol. The third-order valence-corrected chi connectivity index (χ3v) is 5.40. The van der Waals surface area contributed by atoms with Gasteiger partial charge < -0.3 is 15.0 Å². The van der Waals surface area contributed by atoms with Crippen molar-refractivity contribution in [3.05, 3.63) is 72.4 Å². The number of nitrogens with zero attached hydrogens (tertiary/aromatic N) is 6. The molecule has 5 rings (SSSR count). The molecule has 1 aliphatic rings. The number of morpholine rings is 1. The predicted octanol–water partition coefficient (Wildman–Crippen LogP) is 4.73. The van der Waals surface area contributed by atoms with E-state index in [4.69, 9.17) is 4.74 Å². The third-order valence-electron chi connectivity index (χ3n) is 5.40. The van der Waals surface area contributed by atoms with Gasteiger partial charge in [0.25, 0.3) is 0 Å². The molecule has 12 heteroatoms. The average Bonchev–Trinajstić information content (AvgIpc) is 2.90. The van der Waals surface area contributed by atoms with Gasteiger partial charge in [0.05, 0.1) is 48.2 Å². The molecule has 1 N–H and O–H groups in total. The van der Waals surface area contributed by atoms with Crippen molar-refractivity contribution in [1.29, 1.82) is 0 Å². The quantitative estimate of drug-likeness (QED) is 0.396. The maximum absolute atomic E-state index is 14.4. The fraction of sp³-hybridized carbons (Fsp3) is 0.208. The van der Waals surface area contributed by atoms with Gasteiger partial charge >= 0.3 is 6.18 Å².